The van der Waals surface area contributed by atoms with Crippen LogP contribution in [0.4, 0.5) is 14.5 Å². The molecular weight excluding hydrogens is 294 g/mol. The molecular formula is C11H13BrF2N2O. The first-order valence-corrected chi connectivity index (χ1v) is 5.93. The average Bonchev–Trinajstić information content (AvgIpc) is 2.23. The van der Waals surface area contributed by atoms with Gasteiger partial charge in [0.05, 0.1) is 5.69 Å². The minimum atomic E-state index is -0.824. The maximum absolute atomic E-state index is 13.4. The van der Waals surface area contributed by atoms with Gasteiger partial charge in [0.1, 0.15) is 5.82 Å². The Balaban J connectivity index is 2.78. The second kappa shape index (κ2) is 6.07. The van der Waals surface area contributed by atoms with Crippen molar-refractivity contribution in [1.29, 1.82) is 0 Å². The number of hydrogen-bond acceptors (Lipinski definition) is 2. The molecule has 0 aliphatic rings. The van der Waals surface area contributed by atoms with E-state index in [1.54, 1.807) is 0 Å². The summed E-state index contributed by atoms with van der Waals surface area (Å²) in [5.41, 5.74) is 5.53. The van der Waals surface area contributed by atoms with Gasteiger partial charge in [-0.2, -0.15) is 0 Å². The normalized spacial score (nSPS) is 12.3. The Kier molecular flexibility index (Phi) is 5.02. The van der Waals surface area contributed by atoms with Crippen LogP contribution in [-0.2, 0) is 4.79 Å². The number of halogens is 3. The van der Waals surface area contributed by atoms with Gasteiger partial charge in [0, 0.05) is 23.0 Å². The fourth-order valence-electron chi connectivity index (χ4n) is 1.23. The minimum absolute atomic E-state index is 0.0697. The molecule has 0 bridgehead atoms. The number of nitrogens with two attached hydrogens (primary N) is 1. The van der Waals surface area contributed by atoms with Crippen molar-refractivity contribution in [3.63, 3.8) is 0 Å². The highest BCUT2D eigenvalue weighted by Gasteiger charge is 2.14. The second-order valence-electron chi connectivity index (χ2n) is 3.67. The first-order chi connectivity index (χ1) is 7.93. The van der Waals surface area contributed by atoms with Crippen LogP contribution in [0, 0.1) is 11.6 Å². The van der Waals surface area contributed by atoms with Gasteiger partial charge < -0.3 is 11.1 Å². The van der Waals surface area contributed by atoms with E-state index >= 15 is 0 Å². The zero-order valence-electron chi connectivity index (χ0n) is 9.27. The molecule has 3 nitrogen and oxygen atoms in total. The third-order valence-corrected chi connectivity index (χ3v) is 2.87. The Bertz CT molecular complexity index is 403. The Hall–Kier alpha value is -1.01. The van der Waals surface area contributed by atoms with E-state index in [-0.39, 0.29) is 22.6 Å². The fourth-order valence-corrected chi connectivity index (χ4v) is 1.74. The number of rotatable bonds is 4. The smallest absolute Gasteiger partial charge is 0.226 e. The van der Waals surface area contributed by atoms with E-state index in [4.69, 9.17) is 5.73 Å². The van der Waals surface area contributed by atoms with Gasteiger partial charge in [-0.15, -0.1) is 0 Å². The largest absolute Gasteiger partial charge is 0.327 e. The first kappa shape index (κ1) is 14.1. The summed E-state index contributed by atoms with van der Waals surface area (Å²) in [6.45, 7) is 1.85. The Morgan fingerprint density at radius 2 is 2.18 bits per heavy atom. The van der Waals surface area contributed by atoms with Crippen LogP contribution in [0.25, 0.3) is 0 Å². The summed E-state index contributed by atoms with van der Waals surface area (Å²) in [4.78, 5) is 11.5. The van der Waals surface area contributed by atoms with Gasteiger partial charge in [-0.25, -0.2) is 8.78 Å². The second-order valence-corrected chi connectivity index (χ2v) is 4.52. The highest BCUT2D eigenvalue weighted by Crippen LogP contribution is 2.26. The van der Waals surface area contributed by atoms with Gasteiger partial charge in [-0.3, -0.25) is 4.79 Å². The summed E-state index contributed by atoms with van der Waals surface area (Å²) in [7, 11) is 0. The van der Waals surface area contributed by atoms with Crippen molar-refractivity contribution in [3.05, 3.63) is 28.2 Å². The lowest BCUT2D eigenvalue weighted by atomic mass is 10.1. The predicted molar refractivity (Wildman–Crippen MR) is 65.6 cm³/mol. The van der Waals surface area contributed by atoms with E-state index < -0.39 is 17.5 Å². The Labute approximate surface area is 107 Å². The van der Waals surface area contributed by atoms with Crippen LogP contribution in [0.3, 0.4) is 0 Å². The number of amides is 1. The molecule has 0 aromatic heterocycles. The molecule has 0 aliphatic carbocycles. The molecule has 1 atom stereocenters. The molecule has 1 amide bonds. The van der Waals surface area contributed by atoms with Crippen molar-refractivity contribution >= 4 is 27.5 Å². The molecule has 0 saturated heterocycles. The Morgan fingerprint density at radius 1 is 1.53 bits per heavy atom. The molecule has 6 heteroatoms. The average molecular weight is 307 g/mol. The minimum Gasteiger partial charge on any atom is -0.327 e. The van der Waals surface area contributed by atoms with E-state index in [9.17, 15) is 13.6 Å². The van der Waals surface area contributed by atoms with Gasteiger partial charge in [-0.1, -0.05) is 6.92 Å². The molecule has 0 fully saturated rings. The number of carbonyl (C=O) groups is 1. The van der Waals surface area contributed by atoms with Crippen LogP contribution in [-0.4, -0.2) is 11.9 Å². The molecule has 0 saturated carbocycles. The van der Waals surface area contributed by atoms with Crippen LogP contribution in [0.2, 0.25) is 0 Å². The number of benzene rings is 1. The zero-order chi connectivity index (χ0) is 13.0. The molecule has 0 spiro atoms. The lowest BCUT2D eigenvalue weighted by Gasteiger charge is -2.11. The van der Waals surface area contributed by atoms with E-state index in [2.05, 4.69) is 21.2 Å². The van der Waals surface area contributed by atoms with E-state index in [1.807, 2.05) is 6.92 Å². The van der Waals surface area contributed by atoms with Crippen LogP contribution < -0.4 is 11.1 Å². The van der Waals surface area contributed by atoms with Crippen molar-refractivity contribution in [2.45, 2.75) is 25.8 Å². The van der Waals surface area contributed by atoms with Gasteiger partial charge in [0.2, 0.25) is 5.91 Å². The molecule has 1 aromatic rings. The topological polar surface area (TPSA) is 55.1 Å². The van der Waals surface area contributed by atoms with Crippen molar-refractivity contribution in [1.82, 2.24) is 0 Å². The molecule has 0 heterocycles. The Morgan fingerprint density at radius 3 is 2.71 bits per heavy atom. The monoisotopic (exact) mass is 306 g/mol. The lowest BCUT2D eigenvalue weighted by Crippen LogP contribution is -2.26. The molecule has 17 heavy (non-hydrogen) atoms. The first-order valence-electron chi connectivity index (χ1n) is 5.14. The van der Waals surface area contributed by atoms with E-state index in [0.717, 1.165) is 6.07 Å². The van der Waals surface area contributed by atoms with Gasteiger partial charge in [0.25, 0.3) is 0 Å². The third kappa shape index (κ3) is 4.05. The van der Waals surface area contributed by atoms with Gasteiger partial charge in [0.15, 0.2) is 5.82 Å². The molecule has 1 unspecified atom stereocenters. The van der Waals surface area contributed by atoms with Crippen molar-refractivity contribution in [3.8, 4) is 0 Å². The van der Waals surface area contributed by atoms with Crippen molar-refractivity contribution < 1.29 is 13.6 Å². The van der Waals surface area contributed by atoms with E-state index in [0.29, 0.717) is 12.5 Å². The summed E-state index contributed by atoms with van der Waals surface area (Å²) in [5.74, 6) is -1.93. The third-order valence-electron chi connectivity index (χ3n) is 2.24. The molecule has 0 aliphatic heterocycles. The summed E-state index contributed by atoms with van der Waals surface area (Å²) < 4.78 is 26.3. The van der Waals surface area contributed by atoms with Crippen molar-refractivity contribution in [2.24, 2.45) is 5.73 Å². The zero-order valence-corrected chi connectivity index (χ0v) is 10.9. The van der Waals surface area contributed by atoms with E-state index in [1.165, 1.54) is 0 Å². The van der Waals surface area contributed by atoms with Gasteiger partial charge >= 0.3 is 0 Å². The summed E-state index contributed by atoms with van der Waals surface area (Å²) in [5, 5.41) is 2.36. The SMILES string of the molecule is CCC(N)CC(=O)Nc1c(F)cc(F)cc1Br. The predicted octanol–water partition coefficient (Wildman–Crippen LogP) is 2.79. The maximum Gasteiger partial charge on any atom is 0.226 e. The van der Waals surface area contributed by atoms with Gasteiger partial charge in [-0.05, 0) is 28.4 Å². The number of carbonyl (C=O) groups excluding carboxylic acids is 1. The molecule has 0 radical (unpaired) electrons. The molecule has 1 rings (SSSR count). The molecule has 1 aromatic carbocycles. The highest BCUT2D eigenvalue weighted by atomic mass is 79.9. The highest BCUT2D eigenvalue weighted by molar-refractivity contribution is 9.10. The lowest BCUT2D eigenvalue weighted by molar-refractivity contribution is -0.116. The standard InChI is InChI=1S/C11H13BrF2N2O/c1-2-7(15)5-10(17)16-11-8(12)3-6(13)4-9(11)14/h3-4,7H,2,5,15H2,1H3,(H,16,17). The fraction of sp³-hybridized carbons (Fsp3) is 0.364. The summed E-state index contributed by atoms with van der Waals surface area (Å²) >= 11 is 2.98. The molecule has 94 valence electrons. The quantitative estimate of drug-likeness (QED) is 0.898. The summed E-state index contributed by atoms with van der Waals surface area (Å²) in [6.07, 6.45) is 0.750. The van der Waals surface area contributed by atoms with Crippen LogP contribution in [0.5, 0.6) is 0 Å². The number of hydrogen-bond donors (Lipinski definition) is 2. The van der Waals surface area contributed by atoms with Crippen LogP contribution in [0.1, 0.15) is 19.8 Å². The maximum atomic E-state index is 13.4. The van der Waals surface area contributed by atoms with Crippen LogP contribution in [0.15, 0.2) is 16.6 Å². The van der Waals surface area contributed by atoms with Crippen molar-refractivity contribution in [2.75, 3.05) is 5.32 Å². The summed E-state index contributed by atoms with van der Waals surface area (Å²) in [6, 6.07) is 1.52. The number of nitrogens with one attached hydrogen (secondary N) is 1. The number of anilines is 1. The molecule has 3 N–H and O–H groups in total. The van der Waals surface area contributed by atoms with Crippen LogP contribution >= 0.6 is 15.9 Å².